The summed E-state index contributed by atoms with van der Waals surface area (Å²) in [5, 5.41) is 0. The van der Waals surface area contributed by atoms with Gasteiger partial charge in [-0.3, -0.25) is 9.59 Å². The van der Waals surface area contributed by atoms with Gasteiger partial charge >= 0.3 is 0 Å². The van der Waals surface area contributed by atoms with Crippen LogP contribution in [0.15, 0.2) is 29.2 Å². The molecule has 2 rings (SSSR count). The van der Waals surface area contributed by atoms with Gasteiger partial charge in [-0.2, -0.15) is 0 Å². The normalized spacial score (nSPS) is 14.8. The molecule has 0 spiro atoms. The molecule has 0 bridgehead atoms. The molecule has 1 aromatic rings. The fraction of sp³-hybridized carbons (Fsp3) is 0.333. The first-order valence-corrected chi connectivity index (χ1v) is 6.18. The van der Waals surface area contributed by atoms with Crippen LogP contribution in [0, 0.1) is 0 Å². The van der Waals surface area contributed by atoms with E-state index in [0.717, 1.165) is 10.6 Å². The number of anilines is 1. The Kier molecular flexibility index (Phi) is 3.29. The van der Waals surface area contributed by atoms with Crippen molar-refractivity contribution in [3.05, 3.63) is 24.3 Å². The minimum Gasteiger partial charge on any atom is -0.310 e. The Balaban J connectivity index is 2.23. The molecule has 0 aromatic heterocycles. The molecule has 0 atom stereocenters. The Morgan fingerprint density at radius 2 is 2.19 bits per heavy atom. The van der Waals surface area contributed by atoms with Crippen molar-refractivity contribution in [2.45, 2.75) is 18.2 Å². The van der Waals surface area contributed by atoms with Crippen LogP contribution < -0.4 is 4.90 Å². The lowest BCUT2D eigenvalue weighted by Crippen LogP contribution is -2.36. The van der Waals surface area contributed by atoms with Crippen LogP contribution in [0.25, 0.3) is 0 Å². The Morgan fingerprint density at radius 1 is 1.44 bits per heavy atom. The number of thioether (sulfide) groups is 1. The molecule has 0 fully saturated rings. The van der Waals surface area contributed by atoms with Gasteiger partial charge in [0, 0.05) is 17.9 Å². The molecule has 0 saturated heterocycles. The van der Waals surface area contributed by atoms with E-state index in [1.54, 1.807) is 23.6 Å². The summed E-state index contributed by atoms with van der Waals surface area (Å²) < 4.78 is 0. The van der Waals surface area contributed by atoms with Crippen LogP contribution in [0.5, 0.6) is 0 Å². The van der Waals surface area contributed by atoms with Crippen LogP contribution in [-0.2, 0) is 9.59 Å². The quantitative estimate of drug-likeness (QED) is 0.805. The van der Waals surface area contributed by atoms with Crippen LogP contribution in [0.4, 0.5) is 5.69 Å². The number of benzene rings is 1. The molecule has 1 amide bonds. The Bertz CT molecular complexity index is 431. The zero-order valence-electron chi connectivity index (χ0n) is 9.10. The van der Waals surface area contributed by atoms with Crippen molar-refractivity contribution in [3.63, 3.8) is 0 Å². The maximum absolute atomic E-state index is 11.8. The number of para-hydroxylation sites is 1. The van der Waals surface area contributed by atoms with Crippen LogP contribution >= 0.6 is 11.8 Å². The third kappa shape index (κ3) is 2.27. The largest absolute Gasteiger partial charge is 0.310 e. The van der Waals surface area contributed by atoms with Gasteiger partial charge in [-0.05, 0) is 19.1 Å². The highest BCUT2D eigenvalue weighted by molar-refractivity contribution is 8.00. The third-order valence-electron chi connectivity index (χ3n) is 2.50. The summed E-state index contributed by atoms with van der Waals surface area (Å²) in [6, 6.07) is 7.82. The lowest BCUT2D eigenvalue weighted by molar-refractivity contribution is -0.117. The van der Waals surface area contributed by atoms with Crippen molar-refractivity contribution >= 4 is 29.1 Å². The van der Waals surface area contributed by atoms with Gasteiger partial charge in [0.1, 0.15) is 5.78 Å². The molecule has 1 heterocycles. The highest BCUT2D eigenvalue weighted by Gasteiger charge is 2.23. The molecular weight excluding hydrogens is 222 g/mol. The molecule has 4 heteroatoms. The van der Waals surface area contributed by atoms with E-state index in [2.05, 4.69) is 0 Å². The number of carbonyl (C=O) groups excluding carboxylic acids is 2. The van der Waals surface area contributed by atoms with Crippen molar-refractivity contribution in [3.8, 4) is 0 Å². The van der Waals surface area contributed by atoms with Gasteiger partial charge in [0.2, 0.25) is 5.91 Å². The van der Waals surface area contributed by atoms with Crippen LogP contribution in [-0.4, -0.2) is 24.0 Å². The molecule has 0 N–H and O–H groups in total. The first kappa shape index (κ1) is 11.2. The van der Waals surface area contributed by atoms with Crippen molar-refractivity contribution in [2.75, 3.05) is 17.2 Å². The summed E-state index contributed by atoms with van der Waals surface area (Å²) in [6.45, 7) is 2.04. The van der Waals surface area contributed by atoms with Gasteiger partial charge < -0.3 is 4.90 Å². The SMILES string of the molecule is CC(=O)CCN1C(=O)CSc2ccccc21. The van der Waals surface area contributed by atoms with Crippen LogP contribution in [0.1, 0.15) is 13.3 Å². The lowest BCUT2D eigenvalue weighted by atomic mass is 10.2. The number of hydrogen-bond acceptors (Lipinski definition) is 3. The van der Waals surface area contributed by atoms with Gasteiger partial charge in [0.25, 0.3) is 0 Å². The molecule has 3 nitrogen and oxygen atoms in total. The first-order valence-electron chi connectivity index (χ1n) is 5.20. The van der Waals surface area contributed by atoms with E-state index in [1.807, 2.05) is 24.3 Å². The van der Waals surface area contributed by atoms with E-state index in [1.165, 1.54) is 0 Å². The van der Waals surface area contributed by atoms with E-state index in [9.17, 15) is 9.59 Å². The lowest BCUT2D eigenvalue weighted by Gasteiger charge is -2.28. The first-order chi connectivity index (χ1) is 7.68. The van der Waals surface area contributed by atoms with E-state index >= 15 is 0 Å². The molecule has 0 saturated carbocycles. The summed E-state index contributed by atoms with van der Waals surface area (Å²) in [6.07, 6.45) is 0.421. The molecule has 1 aromatic carbocycles. The summed E-state index contributed by atoms with van der Waals surface area (Å²) in [7, 11) is 0. The summed E-state index contributed by atoms with van der Waals surface area (Å²) in [5.41, 5.74) is 0.935. The number of ketones is 1. The number of hydrogen-bond donors (Lipinski definition) is 0. The zero-order chi connectivity index (χ0) is 11.5. The number of nitrogens with zero attached hydrogens (tertiary/aromatic N) is 1. The average molecular weight is 235 g/mol. The number of carbonyl (C=O) groups is 2. The zero-order valence-corrected chi connectivity index (χ0v) is 9.92. The van der Waals surface area contributed by atoms with E-state index in [-0.39, 0.29) is 11.7 Å². The molecule has 1 aliphatic heterocycles. The second kappa shape index (κ2) is 4.70. The highest BCUT2D eigenvalue weighted by atomic mass is 32.2. The molecule has 0 aliphatic carbocycles. The molecule has 1 aliphatic rings. The molecule has 84 valence electrons. The number of amides is 1. The predicted octanol–water partition coefficient (Wildman–Crippen LogP) is 2.10. The van der Waals surface area contributed by atoms with E-state index in [4.69, 9.17) is 0 Å². The third-order valence-corrected chi connectivity index (χ3v) is 3.54. The summed E-state index contributed by atoms with van der Waals surface area (Å²) in [4.78, 5) is 25.6. The number of Topliss-reactive ketones (excluding diaryl/α,β-unsaturated/α-hetero) is 1. The molecular formula is C12H13NO2S. The van der Waals surface area contributed by atoms with Gasteiger partial charge in [-0.25, -0.2) is 0 Å². The number of fused-ring (bicyclic) bond motifs is 1. The van der Waals surface area contributed by atoms with Crippen LogP contribution in [0.3, 0.4) is 0 Å². The second-order valence-corrected chi connectivity index (χ2v) is 4.77. The van der Waals surface area contributed by atoms with Crippen molar-refractivity contribution in [1.29, 1.82) is 0 Å². The van der Waals surface area contributed by atoms with E-state index < -0.39 is 0 Å². The standard InChI is InChI=1S/C12H13NO2S/c1-9(14)6-7-13-10-4-2-3-5-11(10)16-8-12(13)15/h2-5H,6-8H2,1H3. The molecule has 16 heavy (non-hydrogen) atoms. The second-order valence-electron chi connectivity index (χ2n) is 3.75. The van der Waals surface area contributed by atoms with Gasteiger partial charge in [0.15, 0.2) is 0 Å². The smallest absolute Gasteiger partial charge is 0.237 e. The van der Waals surface area contributed by atoms with E-state index in [0.29, 0.717) is 18.7 Å². The Hall–Kier alpha value is -1.29. The maximum Gasteiger partial charge on any atom is 0.237 e. The van der Waals surface area contributed by atoms with Crippen LogP contribution in [0.2, 0.25) is 0 Å². The monoisotopic (exact) mass is 235 g/mol. The number of rotatable bonds is 3. The molecule has 0 radical (unpaired) electrons. The fourth-order valence-corrected chi connectivity index (χ4v) is 2.60. The topological polar surface area (TPSA) is 37.4 Å². The van der Waals surface area contributed by atoms with Gasteiger partial charge in [-0.1, -0.05) is 12.1 Å². The minimum absolute atomic E-state index is 0.0879. The Labute approximate surface area is 98.8 Å². The minimum atomic E-state index is 0.0879. The van der Waals surface area contributed by atoms with Gasteiger partial charge in [-0.15, -0.1) is 11.8 Å². The highest BCUT2D eigenvalue weighted by Crippen LogP contribution is 2.34. The summed E-state index contributed by atoms with van der Waals surface area (Å²) in [5.74, 6) is 0.669. The molecule has 0 unspecified atom stereocenters. The Morgan fingerprint density at radius 3 is 2.94 bits per heavy atom. The van der Waals surface area contributed by atoms with Gasteiger partial charge in [0.05, 0.1) is 11.4 Å². The predicted molar refractivity (Wildman–Crippen MR) is 64.8 cm³/mol. The average Bonchev–Trinajstić information content (AvgIpc) is 2.27. The van der Waals surface area contributed by atoms with Crippen molar-refractivity contribution in [2.24, 2.45) is 0 Å². The van der Waals surface area contributed by atoms with Crippen molar-refractivity contribution in [1.82, 2.24) is 0 Å². The maximum atomic E-state index is 11.8. The van der Waals surface area contributed by atoms with Crippen molar-refractivity contribution < 1.29 is 9.59 Å². The summed E-state index contributed by atoms with van der Waals surface area (Å²) >= 11 is 1.56. The fourth-order valence-electron chi connectivity index (χ4n) is 1.67.